The van der Waals surface area contributed by atoms with Gasteiger partial charge in [-0.3, -0.25) is 9.59 Å². The molecule has 2 heterocycles. The average Bonchev–Trinajstić information content (AvgIpc) is 2.77. The summed E-state index contributed by atoms with van der Waals surface area (Å²) in [6, 6.07) is 8.30. The number of thioether (sulfide) groups is 1. The van der Waals surface area contributed by atoms with Crippen LogP contribution in [0.2, 0.25) is 5.02 Å². The van der Waals surface area contributed by atoms with Crippen LogP contribution < -0.4 is 67.2 Å². The first-order chi connectivity index (χ1) is 16.8. The van der Waals surface area contributed by atoms with Crippen LogP contribution in [0.25, 0.3) is 0 Å². The van der Waals surface area contributed by atoms with Gasteiger partial charge in [0.2, 0.25) is 5.82 Å². The first-order valence-corrected chi connectivity index (χ1v) is 13.6. The largest absolute Gasteiger partial charge is 1.00 e. The Morgan fingerprint density at radius 1 is 0.872 bits per heavy atom. The third-order valence-corrected chi connectivity index (χ3v) is 7.18. The molecule has 210 valence electrons. The molecule has 0 aliphatic rings. The van der Waals surface area contributed by atoms with Crippen LogP contribution in [0, 0.1) is 5.82 Å². The van der Waals surface area contributed by atoms with Crippen molar-refractivity contribution in [3.63, 3.8) is 0 Å². The third-order valence-electron chi connectivity index (χ3n) is 5.27. The predicted octanol–water partition coefficient (Wildman–Crippen LogP) is 0.676. The number of hydrogen-bond donors (Lipinski definition) is 1. The molecule has 2 aromatic heterocycles. The Bertz CT molecular complexity index is 1360. The summed E-state index contributed by atoms with van der Waals surface area (Å²) in [6.45, 7) is 17.6. The molecule has 0 spiro atoms. The molecular weight excluding hydrogens is 589 g/mol. The fourth-order valence-corrected chi connectivity index (χ4v) is 4.29. The van der Waals surface area contributed by atoms with Crippen LogP contribution in [-0.2, 0) is 22.2 Å². The van der Waals surface area contributed by atoms with Gasteiger partial charge in [0.05, 0.1) is 28.4 Å². The fourth-order valence-electron chi connectivity index (χ4n) is 3.16. The Hall–Kier alpha value is -0.534. The molecule has 0 aliphatic heterocycles. The van der Waals surface area contributed by atoms with Gasteiger partial charge in [0.25, 0.3) is 5.56 Å². The van der Waals surface area contributed by atoms with Gasteiger partial charge in [-0.15, -0.1) is 24.4 Å². The molecule has 1 aromatic carbocycles. The summed E-state index contributed by atoms with van der Waals surface area (Å²) in [4.78, 5) is 24.4. The van der Waals surface area contributed by atoms with Crippen molar-refractivity contribution in [2.75, 3.05) is 0 Å². The maximum atomic E-state index is 14.3. The Morgan fingerprint density at radius 2 is 1.33 bits per heavy atom. The smallest absolute Gasteiger partial charge is 1.00 e. The molecule has 0 atom stereocenters. The fraction of sp³-hybridized carbons (Fsp3) is 0.481. The molecule has 0 saturated carbocycles. The van der Waals surface area contributed by atoms with Crippen molar-refractivity contribution in [3.8, 4) is 0 Å². The quantitative estimate of drug-likeness (QED) is 0.264. The number of thiol groups is 1. The Labute approximate surface area is 286 Å². The summed E-state index contributed by atoms with van der Waals surface area (Å²) in [5, 5.41) is 8.18. The molecule has 39 heavy (non-hydrogen) atoms. The van der Waals surface area contributed by atoms with Gasteiger partial charge in [-0.25, -0.2) is 9.36 Å². The van der Waals surface area contributed by atoms with Crippen LogP contribution in [0.3, 0.4) is 0 Å². The standard InChI is InChI=1S/C19H25FN2OS.C8H11ClN2OS.FH.K/c1-18(2,3)14-9-7-13(8-10-14)12-24-15-11-21-22(19(4,5)6)17(23)16(15)20;1-8(2,3)11-7(12)6(9)5(13)4-10-11;;/h7-11H,12H2,1-6H3;4,13H,1-3H3;1H;/q;;;+1/p-1. The van der Waals surface area contributed by atoms with Crippen LogP contribution in [-0.4, -0.2) is 19.6 Å². The van der Waals surface area contributed by atoms with E-state index in [4.69, 9.17) is 11.6 Å². The normalized spacial score (nSPS) is 11.6. The number of halogens is 3. The van der Waals surface area contributed by atoms with E-state index in [0.29, 0.717) is 15.5 Å². The van der Waals surface area contributed by atoms with Crippen LogP contribution in [0.5, 0.6) is 0 Å². The molecule has 0 aliphatic carbocycles. The van der Waals surface area contributed by atoms with Gasteiger partial charge in [-0.2, -0.15) is 14.6 Å². The minimum atomic E-state index is -0.726. The summed E-state index contributed by atoms with van der Waals surface area (Å²) in [5.41, 5.74) is 0.590. The second-order valence-corrected chi connectivity index (χ2v) is 13.6. The summed E-state index contributed by atoms with van der Waals surface area (Å²) in [6.07, 6.45) is 2.91. The second kappa shape index (κ2) is 15.1. The van der Waals surface area contributed by atoms with Gasteiger partial charge in [0.15, 0.2) is 0 Å². The van der Waals surface area contributed by atoms with E-state index in [2.05, 4.69) is 67.9 Å². The maximum absolute atomic E-state index is 14.3. The van der Waals surface area contributed by atoms with Gasteiger partial charge in [-0.05, 0) is 58.1 Å². The monoisotopic (exact) mass is 624 g/mol. The van der Waals surface area contributed by atoms with Crippen molar-refractivity contribution in [3.05, 3.63) is 79.3 Å². The van der Waals surface area contributed by atoms with Gasteiger partial charge >= 0.3 is 56.9 Å². The Kier molecular flexibility index (Phi) is 14.9. The molecule has 0 amide bonds. The first-order valence-electron chi connectivity index (χ1n) is 11.8. The number of aromatic nitrogens is 4. The minimum absolute atomic E-state index is 0. The Morgan fingerprint density at radius 3 is 1.79 bits per heavy atom. The van der Waals surface area contributed by atoms with Crippen LogP contribution in [0.4, 0.5) is 4.39 Å². The van der Waals surface area contributed by atoms with Crippen molar-refractivity contribution in [1.29, 1.82) is 0 Å². The van der Waals surface area contributed by atoms with E-state index in [1.165, 1.54) is 39.1 Å². The van der Waals surface area contributed by atoms with Crippen molar-refractivity contribution in [1.82, 2.24) is 19.6 Å². The number of nitrogens with zero attached hydrogens (tertiary/aromatic N) is 4. The number of rotatable bonds is 3. The minimum Gasteiger partial charge on any atom is -1.00 e. The van der Waals surface area contributed by atoms with E-state index < -0.39 is 16.9 Å². The zero-order valence-corrected chi connectivity index (χ0v) is 29.9. The van der Waals surface area contributed by atoms with Gasteiger partial charge < -0.3 is 4.70 Å². The molecule has 3 aromatic rings. The van der Waals surface area contributed by atoms with Crippen molar-refractivity contribution in [2.24, 2.45) is 0 Å². The molecule has 12 heteroatoms. The molecule has 0 fully saturated rings. The van der Waals surface area contributed by atoms with Gasteiger partial charge in [0, 0.05) is 10.6 Å². The molecule has 0 bridgehead atoms. The average molecular weight is 625 g/mol. The number of benzene rings is 1. The van der Waals surface area contributed by atoms with Crippen LogP contribution in [0.15, 0.2) is 56.0 Å². The second-order valence-electron chi connectivity index (χ2n) is 11.7. The van der Waals surface area contributed by atoms with E-state index in [9.17, 15) is 14.0 Å². The third kappa shape index (κ3) is 10.7. The molecule has 0 N–H and O–H groups in total. The predicted molar refractivity (Wildman–Crippen MR) is 154 cm³/mol. The Balaban J connectivity index is 0.000000823. The molecule has 0 saturated heterocycles. The maximum Gasteiger partial charge on any atom is 1.00 e. The summed E-state index contributed by atoms with van der Waals surface area (Å²) >= 11 is 11.0. The summed E-state index contributed by atoms with van der Waals surface area (Å²) in [5.74, 6) is -0.127. The van der Waals surface area contributed by atoms with Crippen LogP contribution >= 0.6 is 36.0 Å². The van der Waals surface area contributed by atoms with Crippen molar-refractivity contribution >= 4 is 36.0 Å². The van der Waals surface area contributed by atoms with E-state index in [0.717, 1.165) is 5.56 Å². The van der Waals surface area contributed by atoms with Crippen molar-refractivity contribution < 1.29 is 60.5 Å². The van der Waals surface area contributed by atoms with Crippen LogP contribution in [0.1, 0.15) is 73.4 Å². The van der Waals surface area contributed by atoms with Crippen molar-refractivity contribution in [2.45, 2.75) is 94.4 Å². The molecule has 0 unspecified atom stereocenters. The summed E-state index contributed by atoms with van der Waals surface area (Å²) < 4.78 is 16.8. The van der Waals surface area contributed by atoms with E-state index >= 15 is 0 Å². The molecule has 6 nitrogen and oxygen atoms in total. The summed E-state index contributed by atoms with van der Waals surface area (Å²) in [7, 11) is 0. The first kappa shape index (κ1) is 38.5. The molecular formula is C27H36ClF2KN4O2S2. The zero-order chi connectivity index (χ0) is 28.3. The topological polar surface area (TPSA) is 69.8 Å². The van der Waals surface area contributed by atoms with Gasteiger partial charge in [0.1, 0.15) is 5.02 Å². The van der Waals surface area contributed by atoms with E-state index in [1.54, 1.807) is 0 Å². The molecule has 0 radical (unpaired) electrons. The molecule has 3 rings (SSSR count). The van der Waals surface area contributed by atoms with E-state index in [1.807, 2.05) is 41.5 Å². The van der Waals surface area contributed by atoms with Gasteiger partial charge in [-0.1, -0.05) is 56.6 Å². The number of hydrogen-bond acceptors (Lipinski definition) is 6. The SMILES string of the molecule is CC(C)(C)c1ccc(CSc2cnn(C(C)(C)C)c(=O)c2F)cc1.CC(C)(C)n1ncc(S)c(Cl)c1=O.[F-].[K+]. The van der Waals surface area contributed by atoms with E-state index in [-0.39, 0.29) is 77.6 Å². The zero-order valence-electron chi connectivity index (χ0n) is 24.3.